The number of benzene rings is 2. The molecule has 2 rings (SSSR count). The zero-order valence-electron chi connectivity index (χ0n) is 15.4. The molecule has 0 aliphatic rings. The van der Waals surface area contributed by atoms with Crippen molar-refractivity contribution in [1.29, 1.82) is 0 Å². The molecule has 0 radical (unpaired) electrons. The molecule has 0 saturated carbocycles. The molecule has 0 aliphatic carbocycles. The van der Waals surface area contributed by atoms with Crippen molar-refractivity contribution in [3.63, 3.8) is 0 Å². The highest BCUT2D eigenvalue weighted by Gasteiger charge is 2.15. The van der Waals surface area contributed by atoms with E-state index < -0.39 is 5.82 Å². The minimum absolute atomic E-state index is 0.00928. The maximum absolute atomic E-state index is 14.0. The van der Waals surface area contributed by atoms with Crippen LogP contribution in [0.15, 0.2) is 47.4 Å². The lowest BCUT2D eigenvalue weighted by molar-refractivity contribution is -0.131. The fourth-order valence-corrected chi connectivity index (χ4v) is 3.09. The molecule has 0 aromatic heterocycles. The van der Waals surface area contributed by atoms with Gasteiger partial charge in [0.1, 0.15) is 5.82 Å². The Morgan fingerprint density at radius 3 is 2.37 bits per heavy atom. The highest BCUT2D eigenvalue weighted by atomic mass is 32.2. The Kier molecular flexibility index (Phi) is 7.12. The van der Waals surface area contributed by atoms with Gasteiger partial charge in [0.05, 0.1) is 12.3 Å². The van der Waals surface area contributed by atoms with E-state index in [1.807, 2.05) is 19.1 Å². The van der Waals surface area contributed by atoms with Crippen molar-refractivity contribution in [3.8, 4) is 0 Å². The van der Waals surface area contributed by atoms with Crippen LogP contribution >= 0.6 is 11.8 Å². The molecular weight excluding hydrogens is 367 g/mol. The molecule has 5 nitrogen and oxygen atoms in total. The molecular formula is C20H21FN2O3S. The van der Waals surface area contributed by atoms with Crippen LogP contribution in [0.1, 0.15) is 22.8 Å². The number of carbonyl (C=O) groups excluding carboxylic acids is 3. The van der Waals surface area contributed by atoms with Gasteiger partial charge in [0.2, 0.25) is 11.8 Å². The van der Waals surface area contributed by atoms with Gasteiger partial charge in [-0.25, -0.2) is 4.39 Å². The van der Waals surface area contributed by atoms with Gasteiger partial charge in [0, 0.05) is 23.2 Å². The number of hydrogen-bond donors (Lipinski definition) is 1. The normalized spacial score (nSPS) is 10.4. The van der Waals surface area contributed by atoms with Crippen LogP contribution in [0.25, 0.3) is 0 Å². The number of halogens is 1. The molecule has 0 heterocycles. The van der Waals surface area contributed by atoms with E-state index in [4.69, 9.17) is 0 Å². The molecule has 142 valence electrons. The summed E-state index contributed by atoms with van der Waals surface area (Å²) in [5.74, 6) is -1.38. The second-order valence-electron chi connectivity index (χ2n) is 6.15. The van der Waals surface area contributed by atoms with Crippen LogP contribution < -0.4 is 5.32 Å². The average molecular weight is 388 g/mol. The topological polar surface area (TPSA) is 66.5 Å². The lowest BCUT2D eigenvalue weighted by Crippen LogP contribution is -2.35. The van der Waals surface area contributed by atoms with Crippen molar-refractivity contribution >= 4 is 35.0 Å². The fraction of sp³-hybridized carbons (Fsp3) is 0.250. The van der Waals surface area contributed by atoms with Crippen LogP contribution in [0.4, 0.5) is 10.1 Å². The Morgan fingerprint density at radius 2 is 1.78 bits per heavy atom. The monoisotopic (exact) mass is 388 g/mol. The third kappa shape index (κ3) is 6.21. The summed E-state index contributed by atoms with van der Waals surface area (Å²) in [6.07, 6.45) is 0. The smallest absolute Gasteiger partial charge is 0.243 e. The number of carbonyl (C=O) groups is 3. The number of anilines is 1. The number of Topliss-reactive ketones (excluding diaryl/α,β-unsaturated/α-hetero) is 1. The van der Waals surface area contributed by atoms with Gasteiger partial charge in [0.15, 0.2) is 5.78 Å². The van der Waals surface area contributed by atoms with E-state index in [2.05, 4.69) is 5.32 Å². The van der Waals surface area contributed by atoms with Gasteiger partial charge in [-0.3, -0.25) is 14.4 Å². The Labute approximate surface area is 161 Å². The molecule has 0 saturated heterocycles. The molecule has 27 heavy (non-hydrogen) atoms. The summed E-state index contributed by atoms with van der Waals surface area (Å²) in [7, 11) is 1.52. The first-order chi connectivity index (χ1) is 12.8. The summed E-state index contributed by atoms with van der Waals surface area (Å²) in [4.78, 5) is 37.0. The largest absolute Gasteiger partial charge is 0.336 e. The molecule has 1 N–H and O–H groups in total. The fourth-order valence-electron chi connectivity index (χ4n) is 2.23. The number of rotatable bonds is 7. The van der Waals surface area contributed by atoms with Crippen molar-refractivity contribution in [3.05, 3.63) is 59.4 Å². The van der Waals surface area contributed by atoms with Crippen molar-refractivity contribution in [2.75, 3.05) is 24.7 Å². The van der Waals surface area contributed by atoms with Crippen molar-refractivity contribution in [1.82, 2.24) is 4.90 Å². The number of thioether (sulfide) groups is 1. The van der Waals surface area contributed by atoms with Crippen LogP contribution in [-0.4, -0.2) is 41.8 Å². The Morgan fingerprint density at radius 1 is 1.11 bits per heavy atom. The van der Waals surface area contributed by atoms with Gasteiger partial charge in [-0.15, -0.1) is 11.8 Å². The SMILES string of the molecule is CC(=O)c1ccc(SCC(=O)N(C)CC(=O)Nc2ccc(C)cc2)c(F)c1. The molecule has 0 bridgehead atoms. The highest BCUT2D eigenvalue weighted by Crippen LogP contribution is 2.23. The summed E-state index contributed by atoms with van der Waals surface area (Å²) < 4.78 is 14.0. The molecule has 2 aromatic rings. The van der Waals surface area contributed by atoms with Gasteiger partial charge in [-0.2, -0.15) is 0 Å². The van der Waals surface area contributed by atoms with E-state index in [1.54, 1.807) is 12.1 Å². The van der Waals surface area contributed by atoms with E-state index in [1.165, 1.54) is 31.0 Å². The van der Waals surface area contributed by atoms with E-state index in [-0.39, 0.29) is 40.4 Å². The molecule has 0 spiro atoms. The van der Waals surface area contributed by atoms with Gasteiger partial charge >= 0.3 is 0 Å². The Balaban J connectivity index is 1.85. The van der Waals surface area contributed by atoms with E-state index in [0.717, 1.165) is 23.4 Å². The lowest BCUT2D eigenvalue weighted by Gasteiger charge is -2.17. The van der Waals surface area contributed by atoms with Crippen molar-refractivity contribution in [2.45, 2.75) is 18.7 Å². The first-order valence-corrected chi connectivity index (χ1v) is 9.28. The maximum atomic E-state index is 14.0. The molecule has 0 aliphatic heterocycles. The van der Waals surface area contributed by atoms with E-state index in [0.29, 0.717) is 5.69 Å². The van der Waals surface area contributed by atoms with Gasteiger partial charge < -0.3 is 10.2 Å². The first-order valence-electron chi connectivity index (χ1n) is 8.30. The van der Waals surface area contributed by atoms with Crippen LogP contribution in [0.3, 0.4) is 0 Å². The number of hydrogen-bond acceptors (Lipinski definition) is 4. The number of amides is 2. The molecule has 0 fully saturated rings. The zero-order chi connectivity index (χ0) is 20.0. The van der Waals surface area contributed by atoms with Gasteiger partial charge in [0.25, 0.3) is 0 Å². The van der Waals surface area contributed by atoms with Crippen molar-refractivity contribution < 1.29 is 18.8 Å². The number of nitrogens with one attached hydrogen (secondary N) is 1. The summed E-state index contributed by atoms with van der Waals surface area (Å²) in [6.45, 7) is 3.22. The predicted octanol–water partition coefficient (Wildman–Crippen LogP) is 3.53. The van der Waals surface area contributed by atoms with Gasteiger partial charge in [-0.05, 0) is 38.1 Å². The second kappa shape index (κ2) is 9.32. The van der Waals surface area contributed by atoms with Crippen LogP contribution in [-0.2, 0) is 9.59 Å². The first kappa shape index (κ1) is 20.6. The molecule has 7 heteroatoms. The number of aryl methyl sites for hydroxylation is 1. The van der Waals surface area contributed by atoms with E-state index in [9.17, 15) is 18.8 Å². The number of likely N-dealkylation sites (N-methyl/N-ethyl adjacent to an activating group) is 1. The molecule has 0 atom stereocenters. The standard InChI is InChI=1S/C20H21FN2O3S/c1-13-4-7-16(8-5-13)22-19(25)11-23(3)20(26)12-27-18-9-6-15(14(2)24)10-17(18)21/h4-10H,11-12H2,1-3H3,(H,22,25). The summed E-state index contributed by atoms with van der Waals surface area (Å²) in [6, 6.07) is 11.5. The summed E-state index contributed by atoms with van der Waals surface area (Å²) >= 11 is 1.03. The maximum Gasteiger partial charge on any atom is 0.243 e. The second-order valence-corrected chi connectivity index (χ2v) is 7.17. The minimum atomic E-state index is -0.541. The van der Waals surface area contributed by atoms with E-state index >= 15 is 0 Å². The number of ketones is 1. The molecule has 2 aromatic carbocycles. The van der Waals surface area contributed by atoms with Crippen LogP contribution in [0.5, 0.6) is 0 Å². The third-order valence-electron chi connectivity index (χ3n) is 3.83. The highest BCUT2D eigenvalue weighted by molar-refractivity contribution is 8.00. The zero-order valence-corrected chi connectivity index (χ0v) is 16.2. The van der Waals surface area contributed by atoms with Gasteiger partial charge in [-0.1, -0.05) is 23.8 Å². The minimum Gasteiger partial charge on any atom is -0.336 e. The third-order valence-corrected chi connectivity index (χ3v) is 4.86. The summed E-state index contributed by atoms with van der Waals surface area (Å²) in [5, 5.41) is 2.72. The van der Waals surface area contributed by atoms with Crippen molar-refractivity contribution in [2.24, 2.45) is 0 Å². The molecule has 2 amide bonds. The van der Waals surface area contributed by atoms with Crippen LogP contribution in [0, 0.1) is 12.7 Å². The molecule has 0 unspecified atom stereocenters. The predicted molar refractivity (Wildman–Crippen MR) is 105 cm³/mol. The quantitative estimate of drug-likeness (QED) is 0.582. The summed E-state index contributed by atoms with van der Waals surface area (Å²) in [5.41, 5.74) is 2.03. The lowest BCUT2D eigenvalue weighted by atomic mass is 10.1. The number of nitrogens with zero attached hydrogens (tertiary/aromatic N) is 1. The average Bonchev–Trinajstić information content (AvgIpc) is 2.62. The Hall–Kier alpha value is -2.67. The Bertz CT molecular complexity index is 853. The van der Waals surface area contributed by atoms with Crippen LogP contribution in [0.2, 0.25) is 0 Å².